The van der Waals surface area contributed by atoms with Crippen molar-refractivity contribution in [1.29, 1.82) is 0 Å². The van der Waals surface area contributed by atoms with E-state index in [4.69, 9.17) is 0 Å². The lowest BCUT2D eigenvalue weighted by atomic mass is 9.93. The van der Waals surface area contributed by atoms with Crippen LogP contribution in [-0.4, -0.2) is 28.6 Å². The van der Waals surface area contributed by atoms with Gasteiger partial charge in [0.25, 0.3) is 0 Å². The number of benzene rings is 1. The molecule has 3 heteroatoms. The topological polar surface area (TPSA) is 40.5 Å². The predicted molar refractivity (Wildman–Crippen MR) is 66.6 cm³/mol. The van der Waals surface area contributed by atoms with E-state index in [9.17, 15) is 9.90 Å². The summed E-state index contributed by atoms with van der Waals surface area (Å²) < 4.78 is 0. The van der Waals surface area contributed by atoms with Gasteiger partial charge in [-0.1, -0.05) is 37.3 Å². The van der Waals surface area contributed by atoms with E-state index in [0.717, 1.165) is 13.1 Å². The summed E-state index contributed by atoms with van der Waals surface area (Å²) in [6.45, 7) is 5.76. The molecular weight excluding hydrogens is 214 g/mol. The molecule has 0 aromatic heterocycles. The fourth-order valence-corrected chi connectivity index (χ4v) is 2.83. The minimum absolute atomic E-state index is 0.114. The molecule has 0 bridgehead atoms. The SMILES string of the molecule is CC1[C@@H](C(=O)O)[C@H](C)CN1Cc1ccccc1. The van der Waals surface area contributed by atoms with E-state index in [2.05, 4.69) is 17.0 Å². The first-order chi connectivity index (χ1) is 8.09. The summed E-state index contributed by atoms with van der Waals surface area (Å²) in [5.74, 6) is -0.675. The highest BCUT2D eigenvalue weighted by Gasteiger charge is 2.40. The molecule has 2 rings (SSSR count). The van der Waals surface area contributed by atoms with Gasteiger partial charge in [0.05, 0.1) is 5.92 Å². The lowest BCUT2D eigenvalue weighted by Gasteiger charge is -2.22. The molecule has 0 saturated carbocycles. The largest absolute Gasteiger partial charge is 0.481 e. The Morgan fingerprint density at radius 3 is 2.53 bits per heavy atom. The number of rotatable bonds is 3. The van der Waals surface area contributed by atoms with Gasteiger partial charge in [-0.15, -0.1) is 0 Å². The van der Waals surface area contributed by atoms with Crippen LogP contribution in [-0.2, 0) is 11.3 Å². The van der Waals surface area contributed by atoms with Gasteiger partial charge in [-0.3, -0.25) is 9.69 Å². The summed E-state index contributed by atoms with van der Waals surface area (Å²) in [6.07, 6.45) is 0. The summed E-state index contributed by atoms with van der Waals surface area (Å²) in [5, 5.41) is 9.21. The molecule has 1 aromatic rings. The number of nitrogens with zero attached hydrogens (tertiary/aromatic N) is 1. The zero-order chi connectivity index (χ0) is 12.4. The van der Waals surface area contributed by atoms with Crippen LogP contribution in [0.4, 0.5) is 0 Å². The van der Waals surface area contributed by atoms with Crippen molar-refractivity contribution in [2.45, 2.75) is 26.4 Å². The van der Waals surface area contributed by atoms with E-state index in [1.165, 1.54) is 5.56 Å². The average Bonchev–Trinajstić information content (AvgIpc) is 2.55. The molecule has 1 heterocycles. The van der Waals surface area contributed by atoms with Gasteiger partial charge in [0.1, 0.15) is 0 Å². The minimum atomic E-state index is -0.666. The fourth-order valence-electron chi connectivity index (χ4n) is 2.83. The zero-order valence-corrected chi connectivity index (χ0v) is 10.3. The Morgan fingerprint density at radius 1 is 1.35 bits per heavy atom. The van der Waals surface area contributed by atoms with Crippen LogP contribution in [0.15, 0.2) is 30.3 Å². The van der Waals surface area contributed by atoms with Gasteiger partial charge in [0, 0.05) is 19.1 Å². The lowest BCUT2D eigenvalue weighted by Crippen LogP contribution is -2.32. The zero-order valence-electron chi connectivity index (χ0n) is 10.3. The maximum Gasteiger partial charge on any atom is 0.308 e. The van der Waals surface area contributed by atoms with Crippen LogP contribution in [0.25, 0.3) is 0 Å². The Labute approximate surface area is 102 Å². The molecule has 0 aliphatic carbocycles. The summed E-state index contributed by atoms with van der Waals surface area (Å²) in [4.78, 5) is 13.5. The van der Waals surface area contributed by atoms with Gasteiger partial charge < -0.3 is 5.11 Å². The minimum Gasteiger partial charge on any atom is -0.481 e. The van der Waals surface area contributed by atoms with Crippen LogP contribution in [0.1, 0.15) is 19.4 Å². The molecule has 17 heavy (non-hydrogen) atoms. The highest BCUT2D eigenvalue weighted by molar-refractivity contribution is 5.71. The third-order valence-electron chi connectivity index (χ3n) is 3.74. The summed E-state index contributed by atoms with van der Waals surface area (Å²) in [5.41, 5.74) is 1.25. The maximum atomic E-state index is 11.2. The van der Waals surface area contributed by atoms with Crippen molar-refractivity contribution in [1.82, 2.24) is 4.90 Å². The molecule has 0 radical (unpaired) electrons. The van der Waals surface area contributed by atoms with Gasteiger partial charge in [-0.2, -0.15) is 0 Å². The van der Waals surface area contributed by atoms with Gasteiger partial charge in [-0.05, 0) is 18.4 Å². The number of likely N-dealkylation sites (tertiary alicyclic amines) is 1. The molecule has 3 nitrogen and oxygen atoms in total. The number of hydrogen-bond acceptors (Lipinski definition) is 2. The highest BCUT2D eigenvalue weighted by atomic mass is 16.4. The van der Waals surface area contributed by atoms with Crippen molar-refractivity contribution in [2.24, 2.45) is 11.8 Å². The number of carboxylic acids is 1. The van der Waals surface area contributed by atoms with Crippen molar-refractivity contribution >= 4 is 5.97 Å². The Bertz CT molecular complexity index is 390. The Balaban J connectivity index is 2.07. The Kier molecular flexibility index (Phi) is 3.48. The van der Waals surface area contributed by atoms with Crippen molar-refractivity contribution in [2.75, 3.05) is 6.54 Å². The first-order valence-electron chi connectivity index (χ1n) is 6.10. The second-order valence-electron chi connectivity index (χ2n) is 5.00. The van der Waals surface area contributed by atoms with E-state index in [1.807, 2.05) is 32.0 Å². The van der Waals surface area contributed by atoms with Crippen LogP contribution in [0.5, 0.6) is 0 Å². The first kappa shape index (κ1) is 12.1. The summed E-state index contributed by atoms with van der Waals surface area (Å²) >= 11 is 0. The van der Waals surface area contributed by atoms with Crippen LogP contribution < -0.4 is 0 Å². The molecular formula is C14H19NO2. The first-order valence-corrected chi connectivity index (χ1v) is 6.10. The van der Waals surface area contributed by atoms with Gasteiger partial charge in [0.15, 0.2) is 0 Å². The Hall–Kier alpha value is -1.35. The van der Waals surface area contributed by atoms with Crippen LogP contribution in [0.2, 0.25) is 0 Å². The third-order valence-corrected chi connectivity index (χ3v) is 3.74. The van der Waals surface area contributed by atoms with Crippen LogP contribution in [0, 0.1) is 11.8 Å². The molecule has 1 saturated heterocycles. The second kappa shape index (κ2) is 4.88. The molecule has 92 valence electrons. The van der Waals surface area contributed by atoms with E-state index in [1.54, 1.807) is 0 Å². The van der Waals surface area contributed by atoms with Gasteiger partial charge in [0.2, 0.25) is 0 Å². The monoisotopic (exact) mass is 233 g/mol. The normalized spacial score (nSPS) is 29.4. The lowest BCUT2D eigenvalue weighted by molar-refractivity contribution is -0.143. The van der Waals surface area contributed by atoms with Gasteiger partial charge >= 0.3 is 5.97 Å². The van der Waals surface area contributed by atoms with Crippen LogP contribution in [0.3, 0.4) is 0 Å². The molecule has 0 spiro atoms. The van der Waals surface area contributed by atoms with Crippen molar-refractivity contribution in [3.05, 3.63) is 35.9 Å². The van der Waals surface area contributed by atoms with Crippen molar-refractivity contribution in [3.63, 3.8) is 0 Å². The molecule has 1 N–H and O–H groups in total. The standard InChI is InChI=1S/C14H19NO2/c1-10-8-15(11(2)13(10)14(16)17)9-12-6-4-3-5-7-12/h3-7,10-11,13H,8-9H2,1-2H3,(H,16,17)/t10-,11?,13+/m1/s1. The summed E-state index contributed by atoms with van der Waals surface area (Å²) in [6, 6.07) is 10.3. The Morgan fingerprint density at radius 2 is 2.00 bits per heavy atom. The predicted octanol–water partition coefficient (Wildman–Crippen LogP) is 2.23. The van der Waals surface area contributed by atoms with Crippen molar-refractivity contribution in [3.8, 4) is 0 Å². The summed E-state index contributed by atoms with van der Waals surface area (Å²) in [7, 11) is 0. The molecule has 1 fully saturated rings. The highest BCUT2D eigenvalue weighted by Crippen LogP contribution is 2.30. The second-order valence-corrected chi connectivity index (χ2v) is 5.00. The van der Waals surface area contributed by atoms with E-state index < -0.39 is 5.97 Å². The quantitative estimate of drug-likeness (QED) is 0.870. The molecule has 0 amide bonds. The van der Waals surface area contributed by atoms with E-state index in [-0.39, 0.29) is 17.9 Å². The molecule has 1 aromatic carbocycles. The maximum absolute atomic E-state index is 11.2. The average molecular weight is 233 g/mol. The third kappa shape index (κ3) is 2.50. The number of aliphatic carboxylic acids is 1. The van der Waals surface area contributed by atoms with E-state index >= 15 is 0 Å². The number of hydrogen-bond donors (Lipinski definition) is 1. The molecule has 1 aliphatic rings. The fraction of sp³-hybridized carbons (Fsp3) is 0.500. The molecule has 1 unspecified atom stereocenters. The molecule has 1 aliphatic heterocycles. The van der Waals surface area contributed by atoms with Crippen molar-refractivity contribution < 1.29 is 9.90 Å². The van der Waals surface area contributed by atoms with Gasteiger partial charge in [-0.25, -0.2) is 0 Å². The molecule has 3 atom stereocenters. The number of carboxylic acid groups (broad SMARTS) is 1. The number of carbonyl (C=O) groups is 1. The van der Waals surface area contributed by atoms with E-state index in [0.29, 0.717) is 0 Å². The smallest absolute Gasteiger partial charge is 0.308 e. The van der Waals surface area contributed by atoms with Crippen LogP contribution >= 0.6 is 0 Å².